The van der Waals surface area contributed by atoms with E-state index in [4.69, 9.17) is 0 Å². The number of hydrogen-bond acceptors (Lipinski definition) is 2. The Balaban J connectivity index is 3.28. The van der Waals surface area contributed by atoms with E-state index in [0.717, 1.165) is 5.56 Å². The maximum Gasteiger partial charge on any atom is 0.341 e. The second-order valence-corrected chi connectivity index (χ2v) is 2.93. The van der Waals surface area contributed by atoms with E-state index in [0.29, 0.717) is 5.56 Å². The molecular weight excluding hydrogens is 171 g/mol. The van der Waals surface area contributed by atoms with Crippen LogP contribution in [0.2, 0.25) is 0 Å². The zero-order valence-corrected chi connectivity index (χ0v) is 7.85. The average molecular weight is 182 g/mol. The fourth-order valence-electron chi connectivity index (χ4n) is 1.28. The quantitative estimate of drug-likeness (QED) is 0.622. The van der Waals surface area contributed by atoms with Crippen molar-refractivity contribution >= 4 is 5.97 Å². The van der Waals surface area contributed by atoms with Crippen molar-refractivity contribution < 1.29 is 13.9 Å². The Hall–Kier alpha value is -1.38. The van der Waals surface area contributed by atoms with Gasteiger partial charge in [0.1, 0.15) is 5.82 Å². The van der Waals surface area contributed by atoms with E-state index in [1.165, 1.54) is 13.2 Å². The number of carbonyl (C=O) groups is 1. The molecule has 0 aliphatic rings. The maximum atomic E-state index is 13.2. The second kappa shape index (κ2) is 3.56. The third kappa shape index (κ3) is 1.86. The molecule has 0 heterocycles. The third-order valence-corrected chi connectivity index (χ3v) is 1.82. The summed E-state index contributed by atoms with van der Waals surface area (Å²) in [5.41, 5.74) is 1.42. The molecule has 0 saturated carbocycles. The van der Waals surface area contributed by atoms with E-state index in [1.807, 2.05) is 0 Å². The van der Waals surface area contributed by atoms with E-state index in [1.54, 1.807) is 19.9 Å². The molecule has 1 aromatic carbocycles. The van der Waals surface area contributed by atoms with Gasteiger partial charge in [0.2, 0.25) is 0 Å². The second-order valence-electron chi connectivity index (χ2n) is 2.93. The van der Waals surface area contributed by atoms with Gasteiger partial charge < -0.3 is 4.74 Å². The molecule has 0 aliphatic carbocycles. The number of methoxy groups -OCH3 is 1. The highest BCUT2D eigenvalue weighted by molar-refractivity contribution is 5.91. The van der Waals surface area contributed by atoms with Gasteiger partial charge in [-0.2, -0.15) is 0 Å². The van der Waals surface area contributed by atoms with E-state index < -0.39 is 11.8 Å². The highest BCUT2D eigenvalue weighted by Crippen LogP contribution is 2.16. The lowest BCUT2D eigenvalue weighted by molar-refractivity contribution is 0.0594. The zero-order chi connectivity index (χ0) is 10.0. The van der Waals surface area contributed by atoms with Crippen LogP contribution in [0.25, 0.3) is 0 Å². The van der Waals surface area contributed by atoms with E-state index in [2.05, 4.69) is 4.74 Å². The van der Waals surface area contributed by atoms with E-state index >= 15 is 0 Å². The van der Waals surface area contributed by atoms with Crippen molar-refractivity contribution in [2.24, 2.45) is 0 Å². The first-order valence-corrected chi connectivity index (χ1v) is 3.91. The van der Waals surface area contributed by atoms with Crippen LogP contribution in [0, 0.1) is 19.7 Å². The van der Waals surface area contributed by atoms with Crippen molar-refractivity contribution in [1.29, 1.82) is 0 Å². The third-order valence-electron chi connectivity index (χ3n) is 1.82. The number of hydrogen-bond donors (Lipinski definition) is 0. The molecule has 1 aromatic rings. The standard InChI is InChI=1S/C10H11FO2/c1-6-4-7(2)9(8(11)5-6)10(12)13-3/h4-5H,1-3H3. The summed E-state index contributed by atoms with van der Waals surface area (Å²) in [6.45, 7) is 3.46. The van der Waals surface area contributed by atoms with Gasteiger partial charge in [-0.25, -0.2) is 9.18 Å². The lowest BCUT2D eigenvalue weighted by Gasteiger charge is -2.05. The number of carbonyl (C=O) groups excluding carboxylic acids is 1. The fourth-order valence-corrected chi connectivity index (χ4v) is 1.28. The largest absolute Gasteiger partial charge is 0.465 e. The van der Waals surface area contributed by atoms with Crippen LogP contribution in [0.15, 0.2) is 12.1 Å². The number of benzene rings is 1. The van der Waals surface area contributed by atoms with Crippen LogP contribution in [0.3, 0.4) is 0 Å². The summed E-state index contributed by atoms with van der Waals surface area (Å²) in [6, 6.07) is 3.06. The first kappa shape index (κ1) is 9.71. The summed E-state index contributed by atoms with van der Waals surface area (Å²) in [5.74, 6) is -1.15. The molecule has 70 valence electrons. The topological polar surface area (TPSA) is 26.3 Å². The Labute approximate surface area is 76.3 Å². The molecular formula is C10H11FO2. The van der Waals surface area contributed by atoms with Crippen LogP contribution in [0.5, 0.6) is 0 Å². The molecule has 0 fully saturated rings. The molecule has 0 bridgehead atoms. The smallest absolute Gasteiger partial charge is 0.341 e. The molecule has 2 nitrogen and oxygen atoms in total. The Kier molecular flexibility index (Phi) is 2.66. The van der Waals surface area contributed by atoms with Crippen molar-refractivity contribution in [3.8, 4) is 0 Å². The Bertz CT molecular complexity index is 322. The number of ether oxygens (including phenoxy) is 1. The molecule has 0 aromatic heterocycles. The molecule has 0 unspecified atom stereocenters. The van der Waals surface area contributed by atoms with Gasteiger partial charge in [-0.3, -0.25) is 0 Å². The number of rotatable bonds is 1. The summed E-state index contributed by atoms with van der Waals surface area (Å²) >= 11 is 0. The molecule has 3 heteroatoms. The SMILES string of the molecule is COC(=O)c1c(C)cc(C)cc1F. The maximum absolute atomic E-state index is 13.2. The first-order valence-electron chi connectivity index (χ1n) is 3.91. The van der Waals surface area contributed by atoms with Crippen LogP contribution >= 0.6 is 0 Å². The minimum Gasteiger partial charge on any atom is -0.465 e. The first-order chi connectivity index (χ1) is 6.06. The minimum atomic E-state index is -0.630. The Morgan fingerprint density at radius 1 is 1.38 bits per heavy atom. The number of esters is 1. The van der Waals surface area contributed by atoms with Crippen LogP contribution in [0.1, 0.15) is 21.5 Å². The summed E-state index contributed by atoms with van der Waals surface area (Å²) < 4.78 is 17.7. The van der Waals surface area contributed by atoms with Crippen molar-refractivity contribution in [2.75, 3.05) is 7.11 Å². The summed E-state index contributed by atoms with van der Waals surface area (Å²) in [4.78, 5) is 11.1. The highest BCUT2D eigenvalue weighted by Gasteiger charge is 2.15. The van der Waals surface area contributed by atoms with Gasteiger partial charge in [-0.15, -0.1) is 0 Å². The molecule has 0 amide bonds. The Morgan fingerprint density at radius 2 is 2.00 bits per heavy atom. The summed E-state index contributed by atoms with van der Waals surface area (Å²) in [7, 11) is 1.24. The molecule has 0 spiro atoms. The minimum absolute atomic E-state index is 0.0214. The lowest BCUT2D eigenvalue weighted by Crippen LogP contribution is -2.07. The van der Waals surface area contributed by atoms with E-state index in [-0.39, 0.29) is 5.56 Å². The van der Waals surface area contributed by atoms with Crippen LogP contribution in [0.4, 0.5) is 4.39 Å². The predicted molar refractivity (Wildman–Crippen MR) is 47.2 cm³/mol. The zero-order valence-electron chi connectivity index (χ0n) is 7.85. The molecule has 13 heavy (non-hydrogen) atoms. The monoisotopic (exact) mass is 182 g/mol. The molecule has 1 rings (SSSR count). The molecule has 0 radical (unpaired) electrons. The molecule has 0 saturated heterocycles. The van der Waals surface area contributed by atoms with Gasteiger partial charge in [0, 0.05) is 0 Å². The number of aryl methyl sites for hydroxylation is 2. The molecule has 0 aliphatic heterocycles. The number of halogens is 1. The van der Waals surface area contributed by atoms with Crippen molar-refractivity contribution in [3.63, 3.8) is 0 Å². The van der Waals surface area contributed by atoms with Crippen molar-refractivity contribution in [1.82, 2.24) is 0 Å². The van der Waals surface area contributed by atoms with Gasteiger partial charge in [0.15, 0.2) is 0 Å². The summed E-state index contributed by atoms with van der Waals surface area (Å²) in [5, 5.41) is 0. The van der Waals surface area contributed by atoms with Gasteiger partial charge >= 0.3 is 5.97 Å². The normalized spacial score (nSPS) is 9.85. The lowest BCUT2D eigenvalue weighted by atomic mass is 10.1. The van der Waals surface area contributed by atoms with Crippen molar-refractivity contribution in [2.45, 2.75) is 13.8 Å². The summed E-state index contributed by atoms with van der Waals surface area (Å²) in [6.07, 6.45) is 0. The highest BCUT2D eigenvalue weighted by atomic mass is 19.1. The fraction of sp³-hybridized carbons (Fsp3) is 0.300. The van der Waals surface area contributed by atoms with Gasteiger partial charge in [0.05, 0.1) is 12.7 Å². The predicted octanol–water partition coefficient (Wildman–Crippen LogP) is 2.23. The van der Waals surface area contributed by atoms with Crippen molar-refractivity contribution in [3.05, 3.63) is 34.6 Å². The molecule has 0 N–H and O–H groups in total. The average Bonchev–Trinajstić information content (AvgIpc) is 2.02. The van der Waals surface area contributed by atoms with Gasteiger partial charge in [0.25, 0.3) is 0 Å². The van der Waals surface area contributed by atoms with E-state index in [9.17, 15) is 9.18 Å². The Morgan fingerprint density at radius 3 is 2.46 bits per heavy atom. The van der Waals surface area contributed by atoms with Gasteiger partial charge in [-0.1, -0.05) is 6.07 Å². The van der Waals surface area contributed by atoms with Crippen LogP contribution in [-0.2, 0) is 4.74 Å². The van der Waals surface area contributed by atoms with Gasteiger partial charge in [-0.05, 0) is 31.0 Å². The van der Waals surface area contributed by atoms with Crippen LogP contribution in [-0.4, -0.2) is 13.1 Å². The molecule has 0 atom stereocenters. The van der Waals surface area contributed by atoms with Crippen LogP contribution < -0.4 is 0 Å².